The highest BCUT2D eigenvalue weighted by Crippen LogP contribution is 2.16. The third-order valence-electron chi connectivity index (χ3n) is 12.0. The average Bonchev–Trinajstić information content (AvgIpc) is 3.25. The number of hydrogen-bond donors (Lipinski definition) is 5. The van der Waals surface area contributed by atoms with Crippen molar-refractivity contribution in [3.8, 4) is 0 Å². The zero-order valence-electron chi connectivity index (χ0n) is 39.7. The summed E-state index contributed by atoms with van der Waals surface area (Å²) in [7, 11) is 0. The van der Waals surface area contributed by atoms with Gasteiger partial charge in [0, 0.05) is 0 Å². The number of aliphatic hydroxyl groups is 4. The third-order valence-corrected chi connectivity index (χ3v) is 12.0. The highest BCUT2D eigenvalue weighted by atomic mass is 16.3. The summed E-state index contributed by atoms with van der Waals surface area (Å²) in [5.41, 5.74) is 0. The Kier molecular flexibility index (Phi) is 46.9. The predicted octanol–water partition coefficient (Wildman–Crippen LogP) is 14.6. The maximum atomic E-state index is 12.5. The van der Waals surface area contributed by atoms with E-state index in [1.165, 1.54) is 180 Å². The van der Waals surface area contributed by atoms with Crippen LogP contribution in [0.1, 0.15) is 258 Å². The van der Waals surface area contributed by atoms with Crippen LogP contribution in [0.15, 0.2) is 48.6 Å². The minimum absolute atomic E-state index is 0.359. The molecule has 0 aromatic heterocycles. The lowest BCUT2D eigenvalue weighted by molar-refractivity contribution is -0.132. The first-order valence-corrected chi connectivity index (χ1v) is 26.0. The van der Waals surface area contributed by atoms with Gasteiger partial charge in [-0.3, -0.25) is 4.79 Å². The Labute approximate surface area is 372 Å². The standard InChI is InChI=1S/C54H101NO5/c1-3-5-7-9-11-13-15-17-19-20-21-22-23-24-25-26-27-28-29-30-31-32-33-34-36-38-40-42-44-46-48-52(58)54(60)55-50(49-56)53(59)51(57)47-45-43-41-39-37-35-18-16-14-12-10-8-6-4-2/h16,18,21-22,24-25,39,41,50-53,56-59H,3-15,17,19-20,23,26-38,40,42-49H2,1-2H3,(H,55,60)/b18-16+,22-21-,25-24-,41-39+. The quantitative estimate of drug-likeness (QED) is 0.0310. The van der Waals surface area contributed by atoms with E-state index in [2.05, 4.69) is 67.8 Å². The summed E-state index contributed by atoms with van der Waals surface area (Å²) >= 11 is 0. The summed E-state index contributed by atoms with van der Waals surface area (Å²) in [6.07, 6.45) is 60.3. The van der Waals surface area contributed by atoms with Gasteiger partial charge in [-0.15, -0.1) is 0 Å². The van der Waals surface area contributed by atoms with Crippen molar-refractivity contribution in [2.75, 3.05) is 6.61 Å². The Balaban J connectivity index is 3.65. The Morgan fingerprint density at radius 1 is 0.417 bits per heavy atom. The number of nitrogens with one attached hydrogen (secondary N) is 1. The van der Waals surface area contributed by atoms with Crippen LogP contribution in [0, 0.1) is 0 Å². The van der Waals surface area contributed by atoms with Gasteiger partial charge in [-0.2, -0.15) is 0 Å². The molecule has 0 heterocycles. The molecule has 0 bridgehead atoms. The number of rotatable bonds is 47. The molecule has 0 aliphatic heterocycles. The molecule has 1 amide bonds. The molecule has 6 nitrogen and oxygen atoms in total. The van der Waals surface area contributed by atoms with Crippen molar-refractivity contribution in [3.05, 3.63) is 48.6 Å². The van der Waals surface area contributed by atoms with Gasteiger partial charge in [0.1, 0.15) is 12.2 Å². The lowest BCUT2D eigenvalue weighted by Crippen LogP contribution is -2.53. The molecule has 60 heavy (non-hydrogen) atoms. The van der Waals surface area contributed by atoms with Crippen molar-refractivity contribution in [3.63, 3.8) is 0 Å². The molecular weight excluding hydrogens is 743 g/mol. The molecule has 0 aliphatic rings. The first-order valence-electron chi connectivity index (χ1n) is 26.0. The zero-order valence-corrected chi connectivity index (χ0v) is 39.7. The van der Waals surface area contributed by atoms with Gasteiger partial charge in [0.05, 0.1) is 18.8 Å². The number of allylic oxidation sites excluding steroid dienone is 8. The van der Waals surface area contributed by atoms with Gasteiger partial charge in [0.15, 0.2) is 0 Å². The predicted molar refractivity (Wildman–Crippen MR) is 260 cm³/mol. The smallest absolute Gasteiger partial charge is 0.249 e. The molecule has 0 saturated carbocycles. The lowest BCUT2D eigenvalue weighted by atomic mass is 10.00. The van der Waals surface area contributed by atoms with Crippen LogP contribution in [-0.2, 0) is 4.79 Å². The van der Waals surface area contributed by atoms with Gasteiger partial charge in [-0.05, 0) is 83.5 Å². The van der Waals surface area contributed by atoms with Gasteiger partial charge in [0.2, 0.25) is 5.91 Å². The van der Waals surface area contributed by atoms with Gasteiger partial charge in [-0.25, -0.2) is 0 Å². The molecule has 0 radical (unpaired) electrons. The second-order valence-corrected chi connectivity index (χ2v) is 17.8. The second-order valence-electron chi connectivity index (χ2n) is 17.8. The van der Waals surface area contributed by atoms with E-state index in [0.29, 0.717) is 19.3 Å². The number of carbonyl (C=O) groups is 1. The molecule has 4 unspecified atom stereocenters. The Bertz CT molecular complexity index is 993. The van der Waals surface area contributed by atoms with Crippen molar-refractivity contribution < 1.29 is 25.2 Å². The largest absolute Gasteiger partial charge is 0.394 e. The second kappa shape index (κ2) is 48.3. The van der Waals surface area contributed by atoms with Crippen LogP contribution in [0.3, 0.4) is 0 Å². The van der Waals surface area contributed by atoms with E-state index in [1.54, 1.807) is 0 Å². The fourth-order valence-corrected chi connectivity index (χ4v) is 7.86. The van der Waals surface area contributed by atoms with Gasteiger partial charge in [0.25, 0.3) is 0 Å². The van der Waals surface area contributed by atoms with Gasteiger partial charge >= 0.3 is 0 Å². The molecule has 0 rings (SSSR count). The lowest BCUT2D eigenvalue weighted by Gasteiger charge is -2.27. The molecule has 5 N–H and O–H groups in total. The fraction of sp³-hybridized carbons (Fsp3) is 0.833. The first-order chi connectivity index (χ1) is 29.5. The van der Waals surface area contributed by atoms with Crippen molar-refractivity contribution in [1.82, 2.24) is 5.32 Å². The van der Waals surface area contributed by atoms with Crippen molar-refractivity contribution in [1.29, 1.82) is 0 Å². The molecule has 0 spiro atoms. The third kappa shape index (κ3) is 41.6. The monoisotopic (exact) mass is 844 g/mol. The summed E-state index contributed by atoms with van der Waals surface area (Å²) in [6.45, 7) is 4.03. The van der Waals surface area contributed by atoms with Crippen molar-refractivity contribution >= 4 is 5.91 Å². The van der Waals surface area contributed by atoms with Crippen LogP contribution in [-0.4, -0.2) is 57.3 Å². The molecule has 0 aliphatic carbocycles. The maximum Gasteiger partial charge on any atom is 0.249 e. The van der Waals surface area contributed by atoms with E-state index in [-0.39, 0.29) is 0 Å². The first kappa shape index (κ1) is 58.3. The van der Waals surface area contributed by atoms with Crippen LogP contribution in [0.25, 0.3) is 0 Å². The molecule has 0 saturated heterocycles. The van der Waals surface area contributed by atoms with Crippen LogP contribution < -0.4 is 5.32 Å². The number of aliphatic hydroxyl groups excluding tert-OH is 4. The number of unbranched alkanes of at least 4 members (excludes halogenated alkanes) is 30. The van der Waals surface area contributed by atoms with Crippen LogP contribution in [0.2, 0.25) is 0 Å². The molecule has 0 fully saturated rings. The maximum absolute atomic E-state index is 12.5. The van der Waals surface area contributed by atoms with Gasteiger partial charge in [-0.1, -0.05) is 223 Å². The fourth-order valence-electron chi connectivity index (χ4n) is 7.86. The topological polar surface area (TPSA) is 110 Å². The minimum atomic E-state index is -1.29. The van der Waals surface area contributed by atoms with E-state index >= 15 is 0 Å². The van der Waals surface area contributed by atoms with E-state index in [9.17, 15) is 25.2 Å². The van der Waals surface area contributed by atoms with Crippen molar-refractivity contribution in [2.45, 2.75) is 282 Å². The van der Waals surface area contributed by atoms with Crippen molar-refractivity contribution in [2.24, 2.45) is 0 Å². The van der Waals surface area contributed by atoms with E-state index in [0.717, 1.165) is 44.9 Å². The summed E-state index contributed by atoms with van der Waals surface area (Å²) < 4.78 is 0. The Morgan fingerprint density at radius 3 is 1.15 bits per heavy atom. The number of carbonyl (C=O) groups excluding carboxylic acids is 1. The highest BCUT2D eigenvalue weighted by molar-refractivity contribution is 5.80. The summed E-state index contributed by atoms with van der Waals surface area (Å²) in [5.74, 6) is -0.598. The Hall–Kier alpha value is -1.73. The molecule has 4 atom stereocenters. The molecule has 0 aromatic carbocycles. The summed E-state index contributed by atoms with van der Waals surface area (Å²) in [4.78, 5) is 12.5. The number of hydrogen-bond acceptors (Lipinski definition) is 5. The SMILES string of the molecule is CCCCCCC/C=C/CC/C=C/CCCC(O)C(O)C(CO)NC(=O)C(O)CCCCCCCCCCCCCCCC/C=C\C/C=C\CCCCCCCCCCC. The minimum Gasteiger partial charge on any atom is -0.394 e. The van der Waals surface area contributed by atoms with Crippen LogP contribution in [0.4, 0.5) is 0 Å². The zero-order chi connectivity index (χ0) is 43.8. The normalized spacial score (nSPS) is 14.3. The summed E-state index contributed by atoms with van der Waals surface area (Å²) in [6, 6.07) is -1.01. The average molecular weight is 844 g/mol. The Morgan fingerprint density at radius 2 is 0.750 bits per heavy atom. The van der Waals surface area contributed by atoms with Crippen LogP contribution >= 0.6 is 0 Å². The molecular formula is C54H101NO5. The number of amides is 1. The molecule has 352 valence electrons. The highest BCUT2D eigenvalue weighted by Gasteiger charge is 2.28. The van der Waals surface area contributed by atoms with E-state index in [1.807, 2.05) is 0 Å². The molecule has 6 heteroatoms. The van der Waals surface area contributed by atoms with Crippen LogP contribution in [0.5, 0.6) is 0 Å². The van der Waals surface area contributed by atoms with E-state index in [4.69, 9.17) is 0 Å². The molecule has 0 aromatic rings. The summed E-state index contributed by atoms with van der Waals surface area (Å²) in [5, 5.41) is 43.7. The van der Waals surface area contributed by atoms with Gasteiger partial charge < -0.3 is 25.7 Å². The van der Waals surface area contributed by atoms with E-state index < -0.39 is 36.9 Å².